The van der Waals surface area contributed by atoms with E-state index in [-0.39, 0.29) is 23.6 Å². The van der Waals surface area contributed by atoms with Gasteiger partial charge in [-0.25, -0.2) is 9.78 Å². The lowest BCUT2D eigenvalue weighted by Crippen LogP contribution is -2.47. The number of rotatable bonds is 3. The first-order valence-corrected chi connectivity index (χ1v) is 10.2. The van der Waals surface area contributed by atoms with Gasteiger partial charge >= 0.3 is 12.3 Å². The number of carbonyl (C=O) groups excluding carboxylic acids is 2. The number of fused-ring (bicyclic) bond motifs is 1. The van der Waals surface area contributed by atoms with Crippen LogP contribution in [-0.4, -0.2) is 63.4 Å². The Hall–Kier alpha value is -3.21. The summed E-state index contributed by atoms with van der Waals surface area (Å²) >= 11 is 6.31. The van der Waals surface area contributed by atoms with Gasteiger partial charge in [0.05, 0.1) is 24.6 Å². The molecule has 174 valence electrons. The van der Waals surface area contributed by atoms with Gasteiger partial charge in [-0.2, -0.15) is 13.2 Å². The van der Waals surface area contributed by atoms with Gasteiger partial charge in [-0.05, 0) is 25.0 Å². The average Bonchev–Trinajstić information content (AvgIpc) is 3.51. The van der Waals surface area contributed by atoms with Crippen LogP contribution in [0.15, 0.2) is 35.3 Å². The maximum absolute atomic E-state index is 13.9. The number of cyclic esters (lactones) is 1. The zero-order valence-electron chi connectivity index (χ0n) is 20.7. The molecule has 2 aliphatic heterocycles. The van der Waals surface area contributed by atoms with Crippen molar-refractivity contribution in [1.82, 2.24) is 19.2 Å². The van der Waals surface area contributed by atoms with E-state index in [1.54, 1.807) is 0 Å². The predicted molar refractivity (Wildman–Crippen MR) is 110 cm³/mol. The molecule has 2 saturated heterocycles. The first kappa shape index (κ1) is 17.3. The predicted octanol–water partition coefficient (Wildman–Crippen LogP) is 4.32. The molecule has 3 aromatic heterocycles. The van der Waals surface area contributed by atoms with E-state index in [1.807, 2.05) is 0 Å². The van der Waals surface area contributed by atoms with Crippen molar-refractivity contribution in [3.8, 4) is 11.1 Å². The molecule has 0 spiro atoms. The van der Waals surface area contributed by atoms with E-state index >= 15 is 0 Å². The van der Waals surface area contributed by atoms with Crippen molar-refractivity contribution in [2.75, 3.05) is 26.1 Å². The van der Waals surface area contributed by atoms with Gasteiger partial charge in [0.1, 0.15) is 11.8 Å². The van der Waals surface area contributed by atoms with Crippen molar-refractivity contribution in [1.29, 1.82) is 0 Å². The Balaban J connectivity index is 1.58. The molecule has 5 rings (SSSR count). The van der Waals surface area contributed by atoms with Crippen molar-refractivity contribution in [2.45, 2.75) is 25.1 Å². The highest BCUT2D eigenvalue weighted by molar-refractivity contribution is 6.33. The molecule has 2 aliphatic rings. The maximum Gasteiger partial charge on any atom is 0.420 e. The average molecular weight is 487 g/mol. The third-order valence-corrected chi connectivity index (χ3v) is 5.79. The largest absolute Gasteiger partial charge is 0.472 e. The lowest BCUT2D eigenvalue weighted by molar-refractivity contribution is -0.136. The SMILES string of the molecule is [2H]C1([2H])CC(N2CCOC2=O)CC([2H])([2H])N1C(=O)c1nc2c(C(F)(F)F)cc(-c3ccoc3)cn2c1Cl. The fraction of sp³-hybridized carbons (Fsp3) is 0.381. The van der Waals surface area contributed by atoms with Gasteiger partial charge in [0.15, 0.2) is 11.3 Å². The normalized spacial score (nSPS) is 22.6. The van der Waals surface area contributed by atoms with Crippen molar-refractivity contribution in [3.63, 3.8) is 0 Å². The molecule has 0 radical (unpaired) electrons. The highest BCUT2D eigenvalue weighted by Crippen LogP contribution is 2.37. The van der Waals surface area contributed by atoms with Crippen LogP contribution in [0, 0.1) is 0 Å². The molecular formula is C21H18ClF3N4O4. The lowest BCUT2D eigenvalue weighted by Gasteiger charge is -2.35. The topological polar surface area (TPSA) is 80.3 Å². The fourth-order valence-electron chi connectivity index (χ4n) is 3.78. The number of furan rings is 1. The van der Waals surface area contributed by atoms with Crippen LogP contribution >= 0.6 is 11.6 Å². The zero-order chi connectivity index (χ0) is 26.9. The molecule has 0 aromatic carbocycles. The van der Waals surface area contributed by atoms with E-state index in [1.165, 1.54) is 29.7 Å². The number of carbonyl (C=O) groups is 2. The van der Waals surface area contributed by atoms with E-state index in [0.717, 1.165) is 10.5 Å². The molecule has 8 nitrogen and oxygen atoms in total. The van der Waals surface area contributed by atoms with Crippen LogP contribution in [0.1, 0.15) is 34.4 Å². The smallest absolute Gasteiger partial charge is 0.420 e. The summed E-state index contributed by atoms with van der Waals surface area (Å²) in [5, 5.41) is -0.548. The Kier molecular flexibility index (Phi) is 4.18. The summed E-state index contributed by atoms with van der Waals surface area (Å²) < 4.78 is 86.2. The second-order valence-corrected chi connectivity index (χ2v) is 7.78. The number of nitrogens with zero attached hydrogens (tertiary/aromatic N) is 4. The first-order chi connectivity index (χ1) is 17.2. The van der Waals surface area contributed by atoms with Crippen LogP contribution in [0.25, 0.3) is 16.8 Å². The minimum atomic E-state index is -4.89. The van der Waals surface area contributed by atoms with E-state index in [2.05, 4.69) is 4.98 Å². The monoisotopic (exact) mass is 486 g/mol. The molecular weight excluding hydrogens is 465 g/mol. The molecule has 2 fully saturated rings. The standard InChI is InChI=1S/C21H18ClF3N4O4/c22-17-16(19(30)27-4-1-14(2-5-27)28-6-8-33-20(28)31)26-18-15(21(23,24)25)9-13(10-29(17)18)12-3-7-32-11-12/h3,7,9-11,14H,1-2,4-6,8H2/i4D2,5D2. The number of likely N-dealkylation sites (tertiary alicyclic amines) is 1. The highest BCUT2D eigenvalue weighted by Gasteiger charge is 2.38. The number of alkyl halides is 3. The number of hydrogen-bond donors (Lipinski definition) is 0. The van der Waals surface area contributed by atoms with Crippen molar-refractivity contribution >= 4 is 29.2 Å². The zero-order valence-corrected chi connectivity index (χ0v) is 17.5. The number of ether oxygens (including phenoxy) is 1. The van der Waals surface area contributed by atoms with E-state index in [0.29, 0.717) is 5.56 Å². The van der Waals surface area contributed by atoms with Crippen LogP contribution in [0.5, 0.6) is 0 Å². The number of amides is 2. The second kappa shape index (κ2) is 7.98. The highest BCUT2D eigenvalue weighted by atomic mass is 35.5. The Morgan fingerprint density at radius 3 is 2.64 bits per heavy atom. The molecule has 0 unspecified atom stereocenters. The van der Waals surface area contributed by atoms with Crippen molar-refractivity contribution < 1.29 is 37.4 Å². The van der Waals surface area contributed by atoms with Gasteiger partial charge in [-0.3, -0.25) is 9.20 Å². The third kappa shape index (κ3) is 3.79. The molecule has 3 aromatic rings. The second-order valence-electron chi connectivity index (χ2n) is 7.42. The van der Waals surface area contributed by atoms with Gasteiger partial charge < -0.3 is 19.0 Å². The van der Waals surface area contributed by atoms with Crippen LogP contribution in [-0.2, 0) is 10.9 Å². The first-order valence-electron chi connectivity index (χ1n) is 11.8. The Bertz CT molecular complexity index is 1380. The van der Waals surface area contributed by atoms with Crippen LogP contribution in [0.4, 0.5) is 18.0 Å². The summed E-state index contributed by atoms with van der Waals surface area (Å²) in [4.78, 5) is 30.7. The summed E-state index contributed by atoms with van der Waals surface area (Å²) in [6, 6.07) is 1.34. The third-order valence-electron chi connectivity index (χ3n) is 5.43. The number of halogens is 4. The quantitative estimate of drug-likeness (QED) is 0.550. The summed E-state index contributed by atoms with van der Waals surface area (Å²) in [6.07, 6.45) is -2.78. The summed E-state index contributed by atoms with van der Waals surface area (Å²) in [5.74, 6) is -1.33. The van der Waals surface area contributed by atoms with Crippen LogP contribution in [0.3, 0.4) is 0 Å². The van der Waals surface area contributed by atoms with Gasteiger partial charge in [-0.15, -0.1) is 0 Å². The number of pyridine rings is 1. The molecule has 33 heavy (non-hydrogen) atoms. The molecule has 0 aliphatic carbocycles. The van der Waals surface area contributed by atoms with Crippen molar-refractivity contribution in [3.05, 3.63) is 47.3 Å². The summed E-state index contributed by atoms with van der Waals surface area (Å²) in [6.45, 7) is -5.06. The molecule has 0 atom stereocenters. The van der Waals surface area contributed by atoms with Crippen molar-refractivity contribution in [2.24, 2.45) is 0 Å². The van der Waals surface area contributed by atoms with Gasteiger partial charge in [-0.1, -0.05) is 11.6 Å². The molecule has 0 bridgehead atoms. The van der Waals surface area contributed by atoms with Gasteiger partial charge in [0.2, 0.25) is 0 Å². The minimum Gasteiger partial charge on any atom is -0.472 e. The number of hydrogen-bond acceptors (Lipinski definition) is 5. The van der Waals surface area contributed by atoms with Gasteiger partial charge in [0.25, 0.3) is 5.91 Å². The number of imidazole rings is 1. The summed E-state index contributed by atoms with van der Waals surface area (Å²) in [7, 11) is 0. The van der Waals surface area contributed by atoms with E-state index < -0.39 is 72.1 Å². The van der Waals surface area contributed by atoms with Crippen LogP contribution < -0.4 is 0 Å². The maximum atomic E-state index is 13.9. The molecule has 12 heteroatoms. The lowest BCUT2D eigenvalue weighted by atomic mass is 10.0. The molecule has 0 saturated carbocycles. The Morgan fingerprint density at radius 2 is 2.03 bits per heavy atom. The fourth-order valence-corrected chi connectivity index (χ4v) is 4.03. The van der Waals surface area contributed by atoms with E-state index in [9.17, 15) is 22.8 Å². The molecule has 0 N–H and O–H groups in total. The summed E-state index contributed by atoms with van der Waals surface area (Å²) in [5.41, 5.74) is -2.28. The minimum absolute atomic E-state index is 0.0656. The Labute approximate surface area is 196 Å². The van der Waals surface area contributed by atoms with E-state index in [4.69, 9.17) is 26.2 Å². The van der Waals surface area contributed by atoms with Crippen LogP contribution in [0.2, 0.25) is 5.15 Å². The molecule has 5 heterocycles. The number of aromatic nitrogens is 2. The van der Waals surface area contributed by atoms with Gasteiger partial charge in [0, 0.05) is 41.8 Å². The molecule has 2 amide bonds. The Morgan fingerprint density at radius 1 is 1.27 bits per heavy atom. The number of piperidine rings is 1.